The Bertz CT molecular complexity index is 4670. The Morgan fingerprint density at radius 2 is 0.933 bits per heavy atom. The van der Waals surface area contributed by atoms with Gasteiger partial charge in [0.1, 0.15) is 41.4 Å². The molecule has 14 atom stereocenters. The maximum atomic E-state index is 12.6. The second kappa shape index (κ2) is 49.6. The number of hydrogen-bond acceptors (Lipinski definition) is 33. The SMILES string of the molecule is CCC(C)(C)C(=O)OC(C)(C)C12CC3CC(CC(C3)C1)C2.CCC(C)(C)C(=O)OC1C2CC3C(=O)OC1C3C2.CCC(C)(C)C(=O)OC1CCCCO1.CCC(C)(C)C(=O)OCC[Si](C)(C)C.CCC(C)C(=O)OC1C2CC3C1OC(=O)C3(C#N)C2.CCC(C)C(=O)OCCC[Si]12O[Si]3(C)O[Si]4(C)O[Si]5(C)O[Si](C)(O3)O[Si](C)(O[Si](C)(O5)O[Si](C)(O4)O1)O2.CCC(C)c1ccc(O)cc1.CCC1(OC(=O)C(C)(C)CC)CCCCC1. The lowest BCUT2D eigenvalue weighted by Crippen LogP contribution is -2.86. The van der Waals surface area contributed by atoms with Crippen LogP contribution in [0.4, 0.5) is 0 Å². The lowest BCUT2D eigenvalue weighted by atomic mass is 9.46. The summed E-state index contributed by atoms with van der Waals surface area (Å²) in [6.07, 6.45) is 26.5. The van der Waals surface area contributed by atoms with Gasteiger partial charge in [0.25, 0.3) is 0 Å². The summed E-state index contributed by atoms with van der Waals surface area (Å²) in [5, 5.41) is 18.3. The molecule has 1 aromatic carbocycles. The number of nitrogens with zero attached hydrogens (tertiary/aromatic N) is 1. The highest BCUT2D eigenvalue weighted by atomic mass is 28.6. The smallest absolute Gasteiger partial charge is 0.478 e. The molecular formula is C108H189NO32Si9. The Hall–Kier alpha value is -4.83. The molecule has 33 nitrogen and oxygen atoms in total. The van der Waals surface area contributed by atoms with Gasteiger partial charge in [-0.1, -0.05) is 121 Å². The summed E-state index contributed by atoms with van der Waals surface area (Å²) in [4.78, 5) is 108. The normalized spacial score (nSPS) is 35.6. The third-order valence-corrected chi connectivity index (χ3v) is 72.6. The van der Waals surface area contributed by atoms with Crippen LogP contribution in [0.1, 0.15) is 357 Å². The lowest BCUT2D eigenvalue weighted by molar-refractivity contribution is -0.206. The van der Waals surface area contributed by atoms with Crippen molar-refractivity contribution < 1.29 is 145 Å². The van der Waals surface area contributed by atoms with E-state index in [0.717, 1.165) is 127 Å². The molecule has 18 fully saturated rings. The van der Waals surface area contributed by atoms with Crippen LogP contribution >= 0.6 is 0 Å². The molecule has 9 saturated heterocycles. The predicted molar refractivity (Wildman–Crippen MR) is 582 cm³/mol. The molecule has 9 aliphatic carbocycles. The number of fused-ring (bicyclic) bond motifs is 2. The molecule has 854 valence electrons. The molecule has 9 heterocycles. The maximum Gasteiger partial charge on any atom is 0.478 e. The second-order valence-electron chi connectivity index (χ2n) is 51.1. The molecule has 0 spiro atoms. The predicted octanol–water partition coefficient (Wildman–Crippen LogP) is 23.2. The van der Waals surface area contributed by atoms with Gasteiger partial charge in [0, 0.05) is 95.5 Å². The fourth-order valence-corrected chi connectivity index (χ4v) is 69.8. The monoisotopic (exact) mass is 2260 g/mol. The minimum absolute atomic E-state index is 0.00857. The zero-order valence-corrected chi connectivity index (χ0v) is 106. The quantitative estimate of drug-likeness (QED) is 0.0323. The molecule has 42 heteroatoms. The number of phenols is 1. The van der Waals surface area contributed by atoms with Crippen molar-refractivity contribution in [3.63, 3.8) is 0 Å². The van der Waals surface area contributed by atoms with Crippen molar-refractivity contribution in [2.45, 2.75) is 471 Å². The van der Waals surface area contributed by atoms with Crippen molar-refractivity contribution in [1.82, 2.24) is 0 Å². The number of benzene rings is 1. The summed E-state index contributed by atoms with van der Waals surface area (Å²) < 4.78 is 134. The number of phenolic OH excluding ortho intramolecular Hbond substituents is 1. The van der Waals surface area contributed by atoms with Crippen molar-refractivity contribution in [1.29, 1.82) is 5.26 Å². The van der Waals surface area contributed by atoms with Gasteiger partial charge in [-0.25, -0.2) is 0 Å². The van der Waals surface area contributed by atoms with Gasteiger partial charge in [-0.3, -0.25) is 43.2 Å². The number of aromatic hydroxyl groups is 1. The van der Waals surface area contributed by atoms with Crippen LogP contribution in [-0.2, 0) is 140 Å². The van der Waals surface area contributed by atoms with E-state index in [0.29, 0.717) is 56.0 Å². The van der Waals surface area contributed by atoms with Gasteiger partial charge >= 0.3 is 124 Å². The van der Waals surface area contributed by atoms with E-state index in [9.17, 15) is 48.4 Å². The van der Waals surface area contributed by atoms with Gasteiger partial charge in [-0.2, -0.15) is 5.26 Å². The molecule has 0 radical (unpaired) electrons. The van der Waals surface area contributed by atoms with Crippen LogP contribution in [0.2, 0.25) is 77.6 Å². The summed E-state index contributed by atoms with van der Waals surface area (Å²) in [5.74, 6) is 2.62. The van der Waals surface area contributed by atoms with Gasteiger partial charge in [-0.15, -0.1) is 0 Å². The fourth-order valence-electron chi connectivity index (χ4n) is 23.2. The van der Waals surface area contributed by atoms with Crippen molar-refractivity contribution in [3.8, 4) is 11.8 Å². The molecule has 9 aliphatic heterocycles. The van der Waals surface area contributed by atoms with Crippen molar-refractivity contribution in [2.75, 3.05) is 19.8 Å². The first kappa shape index (κ1) is 127. The molecule has 16 bridgehead atoms. The average molecular weight is 2270 g/mol. The Labute approximate surface area is 906 Å². The molecule has 1 aromatic rings. The number of rotatable bonds is 30. The number of ether oxygens (including phenoxy) is 10. The van der Waals surface area contributed by atoms with E-state index in [1.165, 1.54) is 63.4 Å². The highest BCUT2D eigenvalue weighted by molar-refractivity contribution is 7.02. The zero-order valence-electron chi connectivity index (χ0n) is 97.4. The lowest BCUT2D eigenvalue weighted by Gasteiger charge is -2.61. The van der Waals surface area contributed by atoms with Crippen LogP contribution in [0.3, 0.4) is 0 Å². The molecule has 0 amide bonds. The first-order valence-corrected chi connectivity index (χ1v) is 77.7. The molecule has 18 aliphatic rings. The first-order valence-electron chi connectivity index (χ1n) is 56.5. The van der Waals surface area contributed by atoms with Gasteiger partial charge in [0.05, 0.1) is 70.7 Å². The highest BCUT2D eigenvalue weighted by Gasteiger charge is 2.80. The van der Waals surface area contributed by atoms with Crippen LogP contribution in [0.15, 0.2) is 24.3 Å². The molecular weight excluding hydrogens is 2080 g/mol. The topological polar surface area (TPSA) is 401 Å². The molecule has 1 N–H and O–H groups in total. The second-order valence-corrected chi connectivity index (χ2v) is 80.4. The summed E-state index contributed by atoms with van der Waals surface area (Å²) in [7, 11) is -29.7. The average Bonchev–Trinajstić information content (AvgIpc) is 1.47. The van der Waals surface area contributed by atoms with Crippen LogP contribution in [0, 0.1) is 108 Å². The van der Waals surface area contributed by atoms with E-state index in [1.54, 1.807) is 58.0 Å². The van der Waals surface area contributed by atoms with Gasteiger partial charge in [0.2, 0.25) is 6.29 Å². The van der Waals surface area contributed by atoms with E-state index < -0.39 is 101 Å². The number of esters is 9. The molecule has 9 saturated carbocycles. The largest absolute Gasteiger partial charge is 0.508 e. The van der Waals surface area contributed by atoms with Crippen LogP contribution in [0.5, 0.6) is 5.75 Å². The van der Waals surface area contributed by atoms with Crippen LogP contribution in [-0.4, -0.2) is 199 Å². The van der Waals surface area contributed by atoms with Crippen molar-refractivity contribution in [3.05, 3.63) is 29.8 Å². The molecule has 19 rings (SSSR count). The zero-order chi connectivity index (χ0) is 112. The molecule has 14 unspecified atom stereocenters. The number of nitriles is 1. The highest BCUT2D eigenvalue weighted by Crippen LogP contribution is 2.66. The summed E-state index contributed by atoms with van der Waals surface area (Å²) in [6, 6.07) is 10.9. The summed E-state index contributed by atoms with van der Waals surface area (Å²) in [6.45, 7) is 68.4. The Morgan fingerprint density at radius 1 is 0.487 bits per heavy atom. The van der Waals surface area contributed by atoms with Crippen LogP contribution in [0.25, 0.3) is 0 Å². The minimum Gasteiger partial charge on any atom is -0.508 e. The van der Waals surface area contributed by atoms with Gasteiger partial charge in [-0.05, 0) is 297 Å². The molecule has 150 heavy (non-hydrogen) atoms. The molecule has 0 aromatic heterocycles. The first-order chi connectivity index (χ1) is 69.4. The van der Waals surface area contributed by atoms with Crippen molar-refractivity contribution in [2.24, 2.45) is 97.1 Å². The van der Waals surface area contributed by atoms with E-state index >= 15 is 0 Å². The van der Waals surface area contributed by atoms with E-state index in [1.807, 2.05) is 137 Å². The Kier molecular flexibility index (Phi) is 42.0. The number of hydrogen-bond donors (Lipinski definition) is 1. The number of carbonyl (C=O) groups excluding carboxylic acids is 9. The summed E-state index contributed by atoms with van der Waals surface area (Å²) in [5.41, 5.74) is -1.74. The number of carbonyl (C=O) groups is 9. The third kappa shape index (κ3) is 30.9. The van der Waals surface area contributed by atoms with E-state index in [-0.39, 0.29) is 153 Å². The Morgan fingerprint density at radius 3 is 1.37 bits per heavy atom. The summed E-state index contributed by atoms with van der Waals surface area (Å²) >= 11 is 0. The van der Waals surface area contributed by atoms with Crippen LogP contribution < -0.4 is 0 Å². The fraction of sp³-hybridized carbons (Fsp3) is 0.852. The van der Waals surface area contributed by atoms with E-state index in [2.05, 4.69) is 67.3 Å². The third-order valence-electron chi connectivity index (χ3n) is 35.0. The standard InChI is InChI=1S/C19H32O2.C15H36O14Si8.C14H17NO4.C14H20O4.C14H26O2.C11H20O3.C11H24O2Si.C10H14O/c1-6-17(2,3)16(20)21-18(4,5)19-10-13-7-14(11-19)9-15(8-13)12-19;1-10-14(2)15(16)17-12-11-13-37-27-34(7)21-31(4)18-30(3)19-32(5,23-34)25-36(9,29-37)26-33(6,20-30)24-35(8,22-31)28-37;1-3-7(2)12(16)18-10-8-4-9-11(10)19-13(17)14(9,5-8)6-15;1-4-14(2,3)13(16)18-10-7-5-8-9(6-7)12(15)17-11(8)10;1-5-13(3,4)12(15)16-14(6-2)10-8-7-9-11-14;1-4-11(2,3)10(12)14-9-7-5-6-8-13-9;1-7-11(2,3)10(12)13-8-9-14(4,5)6;1-3-8(2)9-4-6-10(11)7-5-9/h13-15H,6-12H2,1-5H3;14H,10-13H2,1-9H3;7-11H,3-5H2,1-2H3;7-11H,4-6H2,1-3H3;5-11H2,1-4H3;9H,4-8H2,1-3H3;7-9H2,1-6H3;4-8,11H,3H2,1-2H3. The Balaban J connectivity index is 0.000000181. The van der Waals surface area contributed by atoms with E-state index in [4.69, 9.17) is 102 Å². The van der Waals surface area contributed by atoms with Crippen molar-refractivity contribution >= 4 is 132 Å². The van der Waals surface area contributed by atoms with Gasteiger partial charge < -0.3 is 102 Å². The maximum absolute atomic E-state index is 12.6. The van der Waals surface area contributed by atoms with Gasteiger partial charge in [0.15, 0.2) is 5.41 Å². The minimum atomic E-state index is -3.74.